The highest BCUT2D eigenvalue weighted by Gasteiger charge is 2.10. The third-order valence-electron chi connectivity index (χ3n) is 4.08. The number of hydrogen-bond acceptors (Lipinski definition) is 3. The lowest BCUT2D eigenvalue weighted by Gasteiger charge is -2.09. The number of phenolic OH excluding ortho intramolecular Hbond substituents is 1. The molecule has 0 aliphatic carbocycles. The summed E-state index contributed by atoms with van der Waals surface area (Å²) in [5.41, 5.74) is 3.94. The zero-order valence-electron chi connectivity index (χ0n) is 13.8. The fourth-order valence-corrected chi connectivity index (χ4v) is 2.85. The van der Waals surface area contributed by atoms with Gasteiger partial charge in [-0.25, -0.2) is 9.37 Å². The zero-order chi connectivity index (χ0) is 17.9. The van der Waals surface area contributed by atoms with Gasteiger partial charge in [-0.3, -0.25) is 4.98 Å². The minimum atomic E-state index is -0.349. The Labute approximate surface area is 150 Å². The van der Waals surface area contributed by atoms with E-state index >= 15 is 0 Å². The molecular formula is C22H15FN2O. The van der Waals surface area contributed by atoms with Crippen LogP contribution in [-0.2, 0) is 0 Å². The fraction of sp³-hybridized carbons (Fsp3) is 0. The first kappa shape index (κ1) is 16.0. The molecule has 0 saturated carbocycles. The van der Waals surface area contributed by atoms with Gasteiger partial charge in [-0.15, -0.1) is 0 Å². The Balaban J connectivity index is 1.80. The molecule has 0 aliphatic rings. The average molecular weight is 342 g/mol. The van der Waals surface area contributed by atoms with Crippen molar-refractivity contribution in [3.05, 3.63) is 90.9 Å². The molecule has 0 atom stereocenters. The molecule has 2 aromatic carbocycles. The summed E-state index contributed by atoms with van der Waals surface area (Å²) in [4.78, 5) is 8.88. The van der Waals surface area contributed by atoms with Crippen LogP contribution in [0.1, 0.15) is 0 Å². The molecule has 0 spiro atoms. The van der Waals surface area contributed by atoms with E-state index in [9.17, 15) is 9.50 Å². The topological polar surface area (TPSA) is 46.0 Å². The van der Waals surface area contributed by atoms with Gasteiger partial charge in [-0.1, -0.05) is 24.3 Å². The number of aromatic hydroxyl groups is 1. The van der Waals surface area contributed by atoms with Crippen LogP contribution in [-0.4, -0.2) is 15.1 Å². The highest BCUT2D eigenvalue weighted by atomic mass is 19.1. The number of benzene rings is 2. The van der Waals surface area contributed by atoms with Gasteiger partial charge in [0.15, 0.2) is 0 Å². The maximum atomic E-state index is 14.2. The van der Waals surface area contributed by atoms with Gasteiger partial charge >= 0.3 is 0 Å². The summed E-state index contributed by atoms with van der Waals surface area (Å²) in [5.74, 6) is -0.191. The highest BCUT2D eigenvalue weighted by molar-refractivity contribution is 5.73. The van der Waals surface area contributed by atoms with Gasteiger partial charge in [0.25, 0.3) is 0 Å². The molecule has 0 fully saturated rings. The van der Waals surface area contributed by atoms with E-state index in [1.54, 1.807) is 24.4 Å². The lowest BCUT2D eigenvalue weighted by Crippen LogP contribution is -1.91. The highest BCUT2D eigenvalue weighted by Crippen LogP contribution is 2.30. The number of halogens is 1. The molecule has 0 amide bonds. The van der Waals surface area contributed by atoms with Crippen molar-refractivity contribution in [1.82, 2.24) is 9.97 Å². The average Bonchev–Trinajstić information content (AvgIpc) is 2.69. The number of pyridine rings is 2. The van der Waals surface area contributed by atoms with E-state index in [2.05, 4.69) is 9.97 Å². The summed E-state index contributed by atoms with van der Waals surface area (Å²) in [6, 6.07) is 22.8. The van der Waals surface area contributed by atoms with Crippen LogP contribution in [0.25, 0.3) is 33.8 Å². The Morgan fingerprint density at radius 1 is 0.692 bits per heavy atom. The standard InChI is InChI=1S/C22H15FN2O/c23-17-13-15(19-7-3-4-11-24-19)12-16(14-17)20-8-5-9-21(25-20)18-6-1-2-10-22(18)26/h1-14,26H. The molecule has 0 unspecified atom stereocenters. The maximum absolute atomic E-state index is 14.2. The number of rotatable bonds is 3. The quantitative estimate of drug-likeness (QED) is 0.548. The van der Waals surface area contributed by atoms with E-state index in [1.807, 2.05) is 48.5 Å². The van der Waals surface area contributed by atoms with Crippen LogP contribution >= 0.6 is 0 Å². The summed E-state index contributed by atoms with van der Waals surface area (Å²) in [6.45, 7) is 0. The molecule has 3 nitrogen and oxygen atoms in total. The van der Waals surface area contributed by atoms with Crippen LogP contribution in [0.4, 0.5) is 4.39 Å². The minimum absolute atomic E-state index is 0.158. The van der Waals surface area contributed by atoms with E-state index in [-0.39, 0.29) is 11.6 Å². The summed E-state index contributed by atoms with van der Waals surface area (Å²) in [6.07, 6.45) is 1.68. The molecule has 0 saturated heterocycles. The van der Waals surface area contributed by atoms with Crippen molar-refractivity contribution >= 4 is 0 Å². The second-order valence-corrected chi connectivity index (χ2v) is 5.87. The molecule has 2 heterocycles. The van der Waals surface area contributed by atoms with Crippen molar-refractivity contribution < 1.29 is 9.50 Å². The van der Waals surface area contributed by atoms with Gasteiger partial charge in [0.1, 0.15) is 11.6 Å². The Bertz CT molecular complexity index is 1060. The van der Waals surface area contributed by atoms with Gasteiger partial charge in [-0.2, -0.15) is 0 Å². The van der Waals surface area contributed by atoms with Gasteiger partial charge in [0, 0.05) is 22.9 Å². The van der Waals surface area contributed by atoms with Crippen molar-refractivity contribution in [2.75, 3.05) is 0 Å². The first-order valence-electron chi connectivity index (χ1n) is 8.18. The molecule has 1 N–H and O–H groups in total. The number of nitrogens with zero attached hydrogens (tertiary/aromatic N) is 2. The number of para-hydroxylation sites is 1. The Hall–Kier alpha value is -3.53. The van der Waals surface area contributed by atoms with E-state index in [4.69, 9.17) is 0 Å². The van der Waals surface area contributed by atoms with Crippen molar-refractivity contribution in [2.24, 2.45) is 0 Å². The van der Waals surface area contributed by atoms with Crippen molar-refractivity contribution in [3.63, 3.8) is 0 Å². The number of hydrogen-bond donors (Lipinski definition) is 1. The molecule has 126 valence electrons. The third kappa shape index (κ3) is 3.17. The molecule has 4 rings (SSSR count). The van der Waals surface area contributed by atoms with Crippen LogP contribution in [0.2, 0.25) is 0 Å². The molecular weight excluding hydrogens is 327 g/mol. The zero-order valence-corrected chi connectivity index (χ0v) is 13.8. The lowest BCUT2D eigenvalue weighted by atomic mass is 10.0. The van der Waals surface area contributed by atoms with E-state index < -0.39 is 0 Å². The van der Waals surface area contributed by atoms with Crippen molar-refractivity contribution in [1.29, 1.82) is 0 Å². The fourth-order valence-electron chi connectivity index (χ4n) is 2.85. The first-order valence-corrected chi connectivity index (χ1v) is 8.18. The van der Waals surface area contributed by atoms with Crippen LogP contribution in [0, 0.1) is 5.82 Å². The molecule has 26 heavy (non-hydrogen) atoms. The maximum Gasteiger partial charge on any atom is 0.124 e. The van der Waals surface area contributed by atoms with Crippen LogP contribution in [0.3, 0.4) is 0 Å². The van der Waals surface area contributed by atoms with Gasteiger partial charge in [-0.05, 0) is 54.6 Å². The SMILES string of the molecule is Oc1ccccc1-c1cccc(-c2cc(F)cc(-c3ccccn3)c2)n1. The van der Waals surface area contributed by atoms with Crippen LogP contribution in [0.15, 0.2) is 85.1 Å². The monoisotopic (exact) mass is 342 g/mol. The number of phenols is 1. The molecule has 0 aliphatic heterocycles. The molecule has 0 radical (unpaired) electrons. The van der Waals surface area contributed by atoms with Gasteiger partial charge in [0.2, 0.25) is 0 Å². The summed E-state index contributed by atoms with van der Waals surface area (Å²) >= 11 is 0. The second-order valence-electron chi connectivity index (χ2n) is 5.87. The van der Waals surface area contributed by atoms with Gasteiger partial charge in [0.05, 0.1) is 17.1 Å². The van der Waals surface area contributed by atoms with Crippen LogP contribution in [0.5, 0.6) is 5.75 Å². The third-order valence-corrected chi connectivity index (χ3v) is 4.08. The molecule has 2 aromatic heterocycles. The van der Waals surface area contributed by atoms with E-state index in [1.165, 1.54) is 12.1 Å². The first-order chi connectivity index (χ1) is 12.7. The lowest BCUT2D eigenvalue weighted by molar-refractivity contribution is 0.477. The minimum Gasteiger partial charge on any atom is -0.507 e. The smallest absolute Gasteiger partial charge is 0.124 e. The molecule has 4 aromatic rings. The predicted molar refractivity (Wildman–Crippen MR) is 100.0 cm³/mol. The molecule has 0 bridgehead atoms. The Kier molecular flexibility index (Phi) is 4.15. The predicted octanol–water partition coefficient (Wildman–Crippen LogP) is 5.32. The van der Waals surface area contributed by atoms with Crippen LogP contribution < -0.4 is 0 Å². The Morgan fingerprint density at radius 3 is 2.15 bits per heavy atom. The van der Waals surface area contributed by atoms with E-state index in [0.29, 0.717) is 33.8 Å². The second kappa shape index (κ2) is 6.76. The summed E-state index contributed by atoms with van der Waals surface area (Å²) in [7, 11) is 0. The van der Waals surface area contributed by atoms with E-state index in [0.717, 1.165) is 0 Å². The summed E-state index contributed by atoms with van der Waals surface area (Å²) in [5, 5.41) is 10.1. The largest absolute Gasteiger partial charge is 0.507 e. The molecule has 4 heteroatoms. The summed E-state index contributed by atoms with van der Waals surface area (Å²) < 4.78 is 14.2. The van der Waals surface area contributed by atoms with Crippen molar-refractivity contribution in [2.45, 2.75) is 0 Å². The Morgan fingerprint density at radius 2 is 1.38 bits per heavy atom. The normalized spacial score (nSPS) is 10.7. The van der Waals surface area contributed by atoms with Gasteiger partial charge < -0.3 is 5.11 Å². The van der Waals surface area contributed by atoms with Crippen molar-refractivity contribution in [3.8, 4) is 39.5 Å². The number of aromatic nitrogens is 2.